The second-order valence-electron chi connectivity index (χ2n) is 4.38. The van der Waals surface area contributed by atoms with Gasteiger partial charge >= 0.3 is 0 Å². The summed E-state index contributed by atoms with van der Waals surface area (Å²) in [4.78, 5) is 11.6. The zero-order chi connectivity index (χ0) is 10.8. The van der Waals surface area contributed by atoms with E-state index in [0.29, 0.717) is 25.0 Å². The number of hydrogen-bond acceptors (Lipinski definition) is 3. The number of ether oxygens (including phenoxy) is 1. The largest absolute Gasteiger partial charge is 0.511 e. The minimum Gasteiger partial charge on any atom is -0.511 e. The average molecular weight is 198 g/mol. The van der Waals surface area contributed by atoms with Crippen molar-refractivity contribution in [3.63, 3.8) is 0 Å². The van der Waals surface area contributed by atoms with Gasteiger partial charge in [-0.3, -0.25) is 4.79 Å². The third-order valence-electron chi connectivity index (χ3n) is 2.80. The van der Waals surface area contributed by atoms with Gasteiger partial charge in [-0.15, -0.1) is 0 Å². The Labute approximate surface area is 84.8 Å². The molecule has 3 heteroatoms. The summed E-state index contributed by atoms with van der Waals surface area (Å²) in [5.74, 6) is 0.300. The van der Waals surface area contributed by atoms with E-state index in [2.05, 4.69) is 0 Å². The van der Waals surface area contributed by atoms with Crippen molar-refractivity contribution in [1.82, 2.24) is 0 Å². The Bertz CT molecular complexity index is 264. The predicted molar refractivity (Wildman–Crippen MR) is 54.2 cm³/mol. The number of carbonyl (C=O) groups excluding carboxylic acids is 1. The molecule has 0 fully saturated rings. The minimum absolute atomic E-state index is 0.0231. The zero-order valence-electron chi connectivity index (χ0n) is 9.09. The summed E-state index contributed by atoms with van der Waals surface area (Å²) in [5, 5.41) is 9.80. The van der Waals surface area contributed by atoms with Crippen molar-refractivity contribution >= 4 is 5.78 Å². The van der Waals surface area contributed by atoms with E-state index in [9.17, 15) is 9.90 Å². The van der Waals surface area contributed by atoms with Gasteiger partial charge in [0.2, 0.25) is 0 Å². The van der Waals surface area contributed by atoms with Crippen LogP contribution in [0.3, 0.4) is 0 Å². The molecule has 3 nitrogen and oxygen atoms in total. The lowest BCUT2D eigenvalue weighted by atomic mass is 9.91. The topological polar surface area (TPSA) is 46.5 Å². The summed E-state index contributed by atoms with van der Waals surface area (Å²) in [5.41, 5.74) is 0.380. The molecule has 0 aliphatic heterocycles. The van der Waals surface area contributed by atoms with Crippen LogP contribution < -0.4 is 0 Å². The Hall–Kier alpha value is -0.830. The number of aliphatic hydroxyl groups excluding tert-OH is 1. The van der Waals surface area contributed by atoms with E-state index in [4.69, 9.17) is 4.74 Å². The van der Waals surface area contributed by atoms with Gasteiger partial charge in [-0.05, 0) is 12.8 Å². The quantitative estimate of drug-likeness (QED) is 0.753. The molecular formula is C11H18O3. The fourth-order valence-electron chi connectivity index (χ4n) is 1.70. The summed E-state index contributed by atoms with van der Waals surface area (Å²) < 4.78 is 4.83. The van der Waals surface area contributed by atoms with Crippen LogP contribution in [-0.2, 0) is 9.53 Å². The summed E-state index contributed by atoms with van der Waals surface area (Å²) in [6.45, 7) is 4.34. The molecule has 0 heterocycles. The van der Waals surface area contributed by atoms with Crippen LogP contribution in [0.5, 0.6) is 0 Å². The lowest BCUT2D eigenvalue weighted by Crippen LogP contribution is -2.11. The van der Waals surface area contributed by atoms with Crippen LogP contribution in [-0.4, -0.2) is 24.6 Å². The standard InChI is InChI=1S/C11H18O3/c1-11(2)6-4-8(10(11)13)9(12)5-7-14-3/h13H,4-7H2,1-3H3. The SMILES string of the molecule is COCCC(=O)C1=C(O)C(C)(C)CC1. The molecule has 0 spiro atoms. The molecular weight excluding hydrogens is 180 g/mol. The summed E-state index contributed by atoms with van der Waals surface area (Å²) >= 11 is 0. The second kappa shape index (κ2) is 4.13. The number of allylic oxidation sites excluding steroid dienone is 2. The average Bonchev–Trinajstić information content (AvgIpc) is 2.39. The van der Waals surface area contributed by atoms with Crippen LogP contribution in [0.1, 0.15) is 33.1 Å². The Morgan fingerprint density at radius 1 is 1.57 bits per heavy atom. The number of rotatable bonds is 4. The normalized spacial score (nSPS) is 20.2. The summed E-state index contributed by atoms with van der Waals surface area (Å²) in [6, 6.07) is 0. The molecule has 0 amide bonds. The van der Waals surface area contributed by atoms with E-state index in [1.54, 1.807) is 7.11 Å². The molecule has 0 atom stereocenters. The Balaban J connectivity index is 2.69. The van der Waals surface area contributed by atoms with E-state index in [-0.39, 0.29) is 17.0 Å². The van der Waals surface area contributed by atoms with Crippen LogP contribution in [0.15, 0.2) is 11.3 Å². The molecule has 0 saturated carbocycles. The fourth-order valence-corrected chi connectivity index (χ4v) is 1.70. The molecule has 80 valence electrons. The molecule has 0 aromatic heterocycles. The van der Waals surface area contributed by atoms with Crippen LogP contribution in [0.2, 0.25) is 0 Å². The van der Waals surface area contributed by atoms with Crippen molar-refractivity contribution in [3.8, 4) is 0 Å². The molecule has 1 aliphatic carbocycles. The van der Waals surface area contributed by atoms with Gasteiger partial charge in [0, 0.05) is 24.5 Å². The third kappa shape index (κ3) is 2.15. The van der Waals surface area contributed by atoms with Crippen LogP contribution in [0, 0.1) is 5.41 Å². The number of ketones is 1. The Morgan fingerprint density at radius 2 is 2.21 bits per heavy atom. The summed E-state index contributed by atoms with van der Waals surface area (Å²) in [6.07, 6.45) is 1.92. The van der Waals surface area contributed by atoms with Crippen LogP contribution in [0.4, 0.5) is 0 Å². The molecule has 1 rings (SSSR count). The first-order chi connectivity index (χ1) is 6.49. The third-order valence-corrected chi connectivity index (χ3v) is 2.80. The van der Waals surface area contributed by atoms with E-state index in [0.717, 1.165) is 6.42 Å². The molecule has 14 heavy (non-hydrogen) atoms. The number of carbonyl (C=O) groups is 1. The smallest absolute Gasteiger partial charge is 0.164 e. The summed E-state index contributed by atoms with van der Waals surface area (Å²) in [7, 11) is 1.57. The molecule has 0 radical (unpaired) electrons. The van der Waals surface area contributed by atoms with Gasteiger partial charge in [0.05, 0.1) is 6.61 Å². The van der Waals surface area contributed by atoms with Gasteiger partial charge in [-0.25, -0.2) is 0 Å². The first kappa shape index (κ1) is 11.2. The van der Waals surface area contributed by atoms with Gasteiger partial charge in [0.15, 0.2) is 5.78 Å². The van der Waals surface area contributed by atoms with Crippen LogP contribution in [0.25, 0.3) is 0 Å². The van der Waals surface area contributed by atoms with E-state index < -0.39 is 0 Å². The number of hydrogen-bond donors (Lipinski definition) is 1. The first-order valence-electron chi connectivity index (χ1n) is 4.94. The molecule has 0 saturated heterocycles. The minimum atomic E-state index is -0.224. The lowest BCUT2D eigenvalue weighted by molar-refractivity contribution is -0.116. The predicted octanol–water partition coefficient (Wildman–Crippen LogP) is 2.22. The van der Waals surface area contributed by atoms with Crippen molar-refractivity contribution in [2.75, 3.05) is 13.7 Å². The van der Waals surface area contributed by atoms with E-state index in [1.165, 1.54) is 0 Å². The van der Waals surface area contributed by atoms with Crippen molar-refractivity contribution in [2.24, 2.45) is 5.41 Å². The number of methoxy groups -OCH3 is 1. The van der Waals surface area contributed by atoms with Crippen molar-refractivity contribution in [1.29, 1.82) is 0 Å². The maximum Gasteiger partial charge on any atom is 0.164 e. The van der Waals surface area contributed by atoms with Gasteiger partial charge < -0.3 is 9.84 Å². The van der Waals surface area contributed by atoms with Gasteiger partial charge in [-0.1, -0.05) is 13.8 Å². The highest BCUT2D eigenvalue weighted by molar-refractivity contribution is 5.96. The van der Waals surface area contributed by atoms with Crippen molar-refractivity contribution in [3.05, 3.63) is 11.3 Å². The van der Waals surface area contributed by atoms with Gasteiger partial charge in [0.1, 0.15) is 5.76 Å². The first-order valence-corrected chi connectivity index (χ1v) is 4.94. The Morgan fingerprint density at radius 3 is 2.64 bits per heavy atom. The van der Waals surface area contributed by atoms with Gasteiger partial charge in [-0.2, -0.15) is 0 Å². The van der Waals surface area contributed by atoms with Crippen LogP contribution >= 0.6 is 0 Å². The number of aliphatic hydroxyl groups is 1. The molecule has 0 aromatic carbocycles. The van der Waals surface area contributed by atoms with Crippen molar-refractivity contribution < 1.29 is 14.6 Å². The molecule has 0 bridgehead atoms. The highest BCUT2D eigenvalue weighted by atomic mass is 16.5. The fraction of sp³-hybridized carbons (Fsp3) is 0.727. The van der Waals surface area contributed by atoms with Gasteiger partial charge in [0.25, 0.3) is 0 Å². The maximum atomic E-state index is 11.6. The van der Waals surface area contributed by atoms with E-state index >= 15 is 0 Å². The number of Topliss-reactive ketones (excluding diaryl/α,β-unsaturated/α-hetero) is 1. The van der Waals surface area contributed by atoms with Crippen molar-refractivity contribution in [2.45, 2.75) is 33.1 Å². The molecule has 1 N–H and O–H groups in total. The lowest BCUT2D eigenvalue weighted by Gasteiger charge is -2.16. The zero-order valence-corrected chi connectivity index (χ0v) is 9.09. The van der Waals surface area contributed by atoms with E-state index in [1.807, 2.05) is 13.8 Å². The molecule has 0 unspecified atom stereocenters. The maximum absolute atomic E-state index is 11.6. The molecule has 0 aromatic rings. The highest BCUT2D eigenvalue weighted by Crippen LogP contribution is 2.41. The second-order valence-corrected chi connectivity index (χ2v) is 4.38. The highest BCUT2D eigenvalue weighted by Gasteiger charge is 2.34. The Kier molecular flexibility index (Phi) is 3.32. The monoisotopic (exact) mass is 198 g/mol. The molecule has 1 aliphatic rings.